The number of amides is 1. The molecule has 47 heavy (non-hydrogen) atoms. The number of aliphatic carboxylic acids is 1. The van der Waals surface area contributed by atoms with E-state index in [1.54, 1.807) is 12.5 Å². The number of nitrogens with one attached hydrogen (secondary N) is 1. The summed E-state index contributed by atoms with van der Waals surface area (Å²) < 4.78 is 0. The van der Waals surface area contributed by atoms with Crippen LogP contribution in [-0.4, -0.2) is 57.8 Å². The number of carboxylic acids is 1. The van der Waals surface area contributed by atoms with Crippen LogP contribution in [-0.2, 0) is 9.59 Å². The maximum Gasteiger partial charge on any atom is 0.306 e. The van der Waals surface area contributed by atoms with Gasteiger partial charge in [-0.3, -0.25) is 9.59 Å². The molecular weight excluding hydrogens is 584 g/mol. The van der Waals surface area contributed by atoms with E-state index in [4.69, 9.17) is 0 Å². The lowest BCUT2D eigenvalue weighted by atomic mass is 9.34. The highest BCUT2D eigenvalue weighted by Gasteiger charge is 2.68. The van der Waals surface area contributed by atoms with E-state index >= 15 is 0 Å². The predicted octanol–water partition coefficient (Wildman–Crippen LogP) is 7.90. The highest BCUT2D eigenvalue weighted by molar-refractivity contribution is 5.73. The van der Waals surface area contributed by atoms with Gasteiger partial charge in [-0.1, -0.05) is 46.3 Å². The second-order valence-corrected chi connectivity index (χ2v) is 18.5. The van der Waals surface area contributed by atoms with E-state index in [0.717, 1.165) is 43.6 Å². The van der Waals surface area contributed by atoms with E-state index in [0.29, 0.717) is 60.4 Å². The highest BCUT2D eigenvalue weighted by Crippen LogP contribution is 2.75. The maximum atomic E-state index is 11.8. The van der Waals surface area contributed by atoms with Crippen LogP contribution in [0, 0.1) is 51.8 Å². The van der Waals surface area contributed by atoms with Gasteiger partial charge in [0.1, 0.15) is 0 Å². The Labute approximate surface area is 284 Å². The Morgan fingerprint density at radius 3 is 2.34 bits per heavy atom. The van der Waals surface area contributed by atoms with Crippen LogP contribution in [0.4, 0.5) is 0 Å². The lowest BCUT2D eigenvalue weighted by molar-refractivity contribution is -0.212. The molecule has 0 aromatic heterocycles. The molecule has 9 unspecified atom stereocenters. The molecule has 0 aromatic carbocycles. The summed E-state index contributed by atoms with van der Waals surface area (Å²) in [5.74, 6) is 2.82. The molecule has 0 radical (unpaired) electrons. The largest absolute Gasteiger partial charge is 0.481 e. The molecule has 1 saturated heterocycles. The monoisotopic (exact) mass is 648 g/mol. The fourth-order valence-corrected chi connectivity index (χ4v) is 13.9. The Hall–Kier alpha value is -1.66. The zero-order chi connectivity index (χ0) is 33.4. The van der Waals surface area contributed by atoms with Crippen molar-refractivity contribution in [3.8, 4) is 0 Å². The van der Waals surface area contributed by atoms with Crippen LogP contribution in [0.3, 0.4) is 0 Å². The molecule has 262 valence electrons. The third-order valence-corrected chi connectivity index (χ3v) is 16.9. The molecule has 0 aromatic rings. The molecule has 1 aliphatic heterocycles. The van der Waals surface area contributed by atoms with Gasteiger partial charge in [-0.05, 0) is 160 Å². The number of hydrogen-bond acceptors (Lipinski definition) is 4. The molecule has 1 heterocycles. The predicted molar refractivity (Wildman–Crippen MR) is 187 cm³/mol. The highest BCUT2D eigenvalue weighted by atomic mass is 16.4. The zero-order valence-corrected chi connectivity index (χ0v) is 30.2. The quantitative estimate of drug-likeness (QED) is 0.273. The van der Waals surface area contributed by atoms with Gasteiger partial charge in [0.05, 0.1) is 11.5 Å². The van der Waals surface area contributed by atoms with E-state index in [2.05, 4.69) is 45.2 Å². The average Bonchev–Trinajstić information content (AvgIpc) is 3.46. The molecule has 5 fully saturated rings. The number of nitrogens with zero attached hydrogens (tertiary/aromatic N) is 1. The molecule has 6 heteroatoms. The van der Waals surface area contributed by atoms with Crippen molar-refractivity contribution in [2.45, 2.75) is 148 Å². The van der Waals surface area contributed by atoms with Gasteiger partial charge in [0.15, 0.2) is 0 Å². The third-order valence-electron chi connectivity index (χ3n) is 16.9. The minimum absolute atomic E-state index is 0.127. The van der Waals surface area contributed by atoms with Gasteiger partial charge in [0.2, 0.25) is 5.91 Å². The van der Waals surface area contributed by atoms with Crippen LogP contribution >= 0.6 is 0 Å². The Balaban J connectivity index is 1.05. The Morgan fingerprint density at radius 1 is 0.894 bits per heavy atom. The van der Waals surface area contributed by atoms with Crippen LogP contribution in [0.25, 0.3) is 0 Å². The van der Waals surface area contributed by atoms with Crippen LogP contribution in [0.5, 0.6) is 0 Å². The summed E-state index contributed by atoms with van der Waals surface area (Å²) in [6.07, 6.45) is 22.6. The second kappa shape index (κ2) is 12.0. The molecule has 6 aliphatic carbocycles. The van der Waals surface area contributed by atoms with Crippen LogP contribution in [0.1, 0.15) is 137 Å². The second-order valence-electron chi connectivity index (χ2n) is 18.5. The number of rotatable bonds is 6. The first-order valence-corrected chi connectivity index (χ1v) is 19.6. The molecule has 6 nitrogen and oxygen atoms in total. The van der Waals surface area contributed by atoms with Crippen LogP contribution in [0.15, 0.2) is 23.3 Å². The first-order chi connectivity index (χ1) is 22.3. The summed E-state index contributed by atoms with van der Waals surface area (Å²) in [7, 11) is 0. The summed E-state index contributed by atoms with van der Waals surface area (Å²) in [4.78, 5) is 25.3. The van der Waals surface area contributed by atoms with Gasteiger partial charge in [-0.2, -0.15) is 0 Å². The molecule has 0 bridgehead atoms. The number of hydrogen-bond donors (Lipinski definition) is 3. The van der Waals surface area contributed by atoms with E-state index in [9.17, 15) is 19.8 Å². The molecule has 7 rings (SSSR count). The number of carboxylic acid groups (broad SMARTS) is 1. The number of carbonyl (C=O) groups is 2. The molecule has 1 amide bonds. The normalized spacial score (nSPS) is 45.9. The third kappa shape index (κ3) is 5.31. The average molecular weight is 649 g/mol. The smallest absolute Gasteiger partial charge is 0.306 e. The number of fused-ring (bicyclic) bond motifs is 7. The fraction of sp³-hybridized carbons (Fsp3) is 0.854. The van der Waals surface area contributed by atoms with Gasteiger partial charge in [-0.15, -0.1) is 0 Å². The summed E-state index contributed by atoms with van der Waals surface area (Å²) >= 11 is 0. The van der Waals surface area contributed by atoms with Crippen molar-refractivity contribution in [3.63, 3.8) is 0 Å². The van der Waals surface area contributed by atoms with Crippen molar-refractivity contribution < 1.29 is 19.8 Å². The maximum absolute atomic E-state index is 11.8. The van der Waals surface area contributed by atoms with Gasteiger partial charge >= 0.3 is 5.97 Å². The molecule has 3 N–H and O–H groups in total. The standard InChI is InChI=1S/C41H64N2O4/c1-27-31(29-8-10-30(11-9-29)36(45)46)14-17-37(3)32(27)15-18-39(5)35(37)13-12-33-34-7-6-16-41(34,20-19-38(33,39)4)42-24-21-40(47)22-25-43(26-23-40)28(2)44/h8,14,27,30,32-35,42,47H,6-7,9-13,15-26H2,1-5H3,(H,45,46)/t27?,30?,32?,33?,34?,35?,37?,38-,39?,41?/m1/s1. The minimum Gasteiger partial charge on any atom is -0.481 e. The van der Waals surface area contributed by atoms with Crippen molar-refractivity contribution in [1.29, 1.82) is 0 Å². The van der Waals surface area contributed by atoms with Gasteiger partial charge in [-0.25, -0.2) is 0 Å². The van der Waals surface area contributed by atoms with Crippen molar-refractivity contribution in [2.24, 2.45) is 51.8 Å². The molecule has 0 spiro atoms. The Kier molecular flexibility index (Phi) is 8.63. The molecule has 4 saturated carbocycles. The number of allylic oxidation sites excluding steroid dienone is 4. The number of likely N-dealkylation sites (tertiary alicyclic amines) is 1. The van der Waals surface area contributed by atoms with Crippen molar-refractivity contribution in [2.75, 3.05) is 19.6 Å². The van der Waals surface area contributed by atoms with Gasteiger partial charge in [0, 0.05) is 25.6 Å². The van der Waals surface area contributed by atoms with Crippen molar-refractivity contribution >= 4 is 11.9 Å². The Morgan fingerprint density at radius 2 is 1.66 bits per heavy atom. The molecular formula is C41H64N2O4. The van der Waals surface area contributed by atoms with Crippen LogP contribution in [0.2, 0.25) is 0 Å². The van der Waals surface area contributed by atoms with E-state index in [1.807, 2.05) is 4.90 Å². The Bertz CT molecular complexity index is 1310. The van der Waals surface area contributed by atoms with Crippen LogP contribution < -0.4 is 5.32 Å². The number of piperidine rings is 1. The van der Waals surface area contributed by atoms with Gasteiger partial charge < -0.3 is 20.4 Å². The summed E-state index contributed by atoms with van der Waals surface area (Å²) in [5.41, 5.74) is 3.65. The first-order valence-electron chi connectivity index (χ1n) is 19.6. The summed E-state index contributed by atoms with van der Waals surface area (Å²) in [5, 5.41) is 25.1. The number of carbonyl (C=O) groups excluding carboxylic acids is 1. The topological polar surface area (TPSA) is 89.9 Å². The van der Waals surface area contributed by atoms with Crippen molar-refractivity contribution in [1.82, 2.24) is 10.2 Å². The number of aliphatic hydroxyl groups is 1. The molecule has 7 aliphatic rings. The molecule has 10 atom stereocenters. The lowest BCUT2D eigenvalue weighted by Gasteiger charge is -2.71. The van der Waals surface area contributed by atoms with E-state index in [-0.39, 0.29) is 17.4 Å². The van der Waals surface area contributed by atoms with E-state index in [1.165, 1.54) is 69.8 Å². The summed E-state index contributed by atoms with van der Waals surface area (Å²) in [6.45, 7) is 14.5. The fourth-order valence-electron chi connectivity index (χ4n) is 13.9. The zero-order valence-electron chi connectivity index (χ0n) is 30.2. The van der Waals surface area contributed by atoms with Gasteiger partial charge in [0.25, 0.3) is 0 Å². The SMILES string of the molecule is CC(=O)N1CCC(O)(CCNC23CCCC2C2CCC4C5(C)CC=C(C6=CCC(C(=O)O)CC6)C(C)C5CCC4(C)[C@]2(C)CC3)CC1. The first kappa shape index (κ1) is 33.8. The van der Waals surface area contributed by atoms with E-state index < -0.39 is 11.6 Å². The summed E-state index contributed by atoms with van der Waals surface area (Å²) in [6, 6.07) is 0. The lowest BCUT2D eigenvalue weighted by Crippen LogP contribution is -2.67. The minimum atomic E-state index is -0.646. The van der Waals surface area contributed by atoms with Crippen molar-refractivity contribution in [3.05, 3.63) is 23.3 Å².